The van der Waals surface area contributed by atoms with Gasteiger partial charge in [0.25, 0.3) is 0 Å². The fourth-order valence-electron chi connectivity index (χ4n) is 2.71. The van der Waals surface area contributed by atoms with Crippen LogP contribution in [0.15, 0.2) is 24.3 Å². The average molecular weight is 289 g/mol. The lowest BCUT2D eigenvalue weighted by atomic mass is 9.98. The van der Waals surface area contributed by atoms with Crippen molar-refractivity contribution >= 4 is 0 Å². The van der Waals surface area contributed by atoms with Crippen molar-refractivity contribution in [1.82, 2.24) is 15.1 Å². The summed E-state index contributed by atoms with van der Waals surface area (Å²) in [6, 6.07) is 7.26. The summed E-state index contributed by atoms with van der Waals surface area (Å²) in [5.74, 6) is -0.175. The van der Waals surface area contributed by atoms with Gasteiger partial charge < -0.3 is 5.32 Å². The van der Waals surface area contributed by atoms with E-state index >= 15 is 0 Å². The highest BCUT2D eigenvalue weighted by Crippen LogP contribution is 2.22. The van der Waals surface area contributed by atoms with E-state index in [1.165, 1.54) is 11.8 Å². The van der Waals surface area contributed by atoms with Gasteiger partial charge in [0, 0.05) is 6.54 Å². The molecule has 1 atom stereocenters. The number of hydrogen-bond donors (Lipinski definition) is 1. The zero-order chi connectivity index (χ0) is 15.4. The van der Waals surface area contributed by atoms with Gasteiger partial charge in [-0.1, -0.05) is 13.0 Å². The maximum Gasteiger partial charge on any atom is 0.123 e. The lowest BCUT2D eigenvalue weighted by Gasteiger charge is -2.20. The van der Waals surface area contributed by atoms with Gasteiger partial charge in [-0.05, 0) is 63.1 Å². The average Bonchev–Trinajstić information content (AvgIpc) is 2.83. The zero-order valence-corrected chi connectivity index (χ0v) is 13.3. The maximum atomic E-state index is 13.5. The van der Waals surface area contributed by atoms with Gasteiger partial charge in [0.15, 0.2) is 0 Å². The van der Waals surface area contributed by atoms with Crippen LogP contribution in [-0.2, 0) is 13.0 Å². The number of rotatable bonds is 6. The topological polar surface area (TPSA) is 29.9 Å². The summed E-state index contributed by atoms with van der Waals surface area (Å²) in [6.45, 7) is 9.92. The summed E-state index contributed by atoms with van der Waals surface area (Å²) in [6.07, 6.45) is 0.766. The van der Waals surface area contributed by atoms with Crippen molar-refractivity contribution in [2.24, 2.45) is 0 Å². The Morgan fingerprint density at radius 2 is 2.00 bits per heavy atom. The third kappa shape index (κ3) is 3.70. The minimum atomic E-state index is -0.175. The van der Waals surface area contributed by atoms with Gasteiger partial charge in [-0.25, -0.2) is 4.39 Å². The van der Waals surface area contributed by atoms with Crippen LogP contribution in [0.5, 0.6) is 0 Å². The molecule has 0 aliphatic heterocycles. The number of nitrogens with one attached hydrogen (secondary N) is 1. The molecule has 0 saturated heterocycles. The first-order valence-electron chi connectivity index (χ1n) is 7.57. The summed E-state index contributed by atoms with van der Waals surface area (Å²) in [5.41, 5.74) is 4.35. The standard InChI is InChI=1S/C17H24FN3/c1-5-19-16(17-9-13(4)20-21(17)6-2)11-14-10-15(18)8-7-12(14)3/h7-10,16,19H,5-6,11H2,1-4H3. The van der Waals surface area contributed by atoms with Crippen LogP contribution in [0.3, 0.4) is 0 Å². The Morgan fingerprint density at radius 1 is 1.24 bits per heavy atom. The van der Waals surface area contributed by atoms with Gasteiger partial charge in [0.05, 0.1) is 17.4 Å². The van der Waals surface area contributed by atoms with E-state index in [2.05, 4.69) is 30.3 Å². The lowest BCUT2D eigenvalue weighted by molar-refractivity contribution is 0.488. The Morgan fingerprint density at radius 3 is 2.67 bits per heavy atom. The number of halogens is 1. The Balaban J connectivity index is 2.32. The molecule has 0 fully saturated rings. The van der Waals surface area contributed by atoms with Crippen LogP contribution >= 0.6 is 0 Å². The Labute approximate surface area is 126 Å². The number of aryl methyl sites for hydroxylation is 3. The molecule has 2 rings (SSSR count). The Hall–Kier alpha value is -1.68. The lowest BCUT2D eigenvalue weighted by Crippen LogP contribution is -2.26. The molecule has 0 amide bonds. The van der Waals surface area contributed by atoms with E-state index in [4.69, 9.17) is 0 Å². The molecular formula is C17H24FN3. The quantitative estimate of drug-likeness (QED) is 0.881. The molecule has 2 aromatic rings. The maximum absolute atomic E-state index is 13.5. The highest BCUT2D eigenvalue weighted by atomic mass is 19.1. The number of likely N-dealkylation sites (N-methyl/N-ethyl adjacent to an activating group) is 1. The molecule has 1 aromatic heterocycles. The third-order valence-electron chi connectivity index (χ3n) is 3.78. The van der Waals surface area contributed by atoms with E-state index in [0.717, 1.165) is 36.3 Å². The second kappa shape index (κ2) is 6.85. The molecule has 0 aliphatic rings. The minimum absolute atomic E-state index is 0.150. The van der Waals surface area contributed by atoms with E-state index in [-0.39, 0.29) is 11.9 Å². The van der Waals surface area contributed by atoms with Crippen LogP contribution in [-0.4, -0.2) is 16.3 Å². The monoisotopic (exact) mass is 289 g/mol. The smallest absolute Gasteiger partial charge is 0.123 e. The Kier molecular flexibility index (Phi) is 5.12. The van der Waals surface area contributed by atoms with Gasteiger partial charge in [0.2, 0.25) is 0 Å². The second-order valence-corrected chi connectivity index (χ2v) is 5.41. The summed E-state index contributed by atoms with van der Waals surface area (Å²) in [5, 5.41) is 8.02. The molecule has 0 spiro atoms. The van der Waals surface area contributed by atoms with Crippen molar-refractivity contribution in [2.45, 2.75) is 46.7 Å². The molecule has 4 heteroatoms. The predicted octanol–water partition coefficient (Wildman–Crippen LogP) is 3.55. The largest absolute Gasteiger partial charge is 0.309 e. The molecule has 1 unspecified atom stereocenters. The Bertz CT molecular complexity index is 604. The minimum Gasteiger partial charge on any atom is -0.309 e. The van der Waals surface area contributed by atoms with Crippen LogP contribution in [0, 0.1) is 19.7 Å². The van der Waals surface area contributed by atoms with Crippen LogP contribution in [0.1, 0.15) is 42.4 Å². The number of benzene rings is 1. The fourth-order valence-corrected chi connectivity index (χ4v) is 2.71. The van der Waals surface area contributed by atoms with Crippen LogP contribution in [0.2, 0.25) is 0 Å². The molecule has 3 nitrogen and oxygen atoms in total. The zero-order valence-electron chi connectivity index (χ0n) is 13.3. The molecule has 114 valence electrons. The summed E-state index contributed by atoms with van der Waals surface area (Å²) in [4.78, 5) is 0. The molecular weight excluding hydrogens is 265 g/mol. The SMILES string of the molecule is CCNC(Cc1cc(F)ccc1C)c1cc(C)nn1CC. The van der Waals surface area contributed by atoms with Gasteiger partial charge in [-0.3, -0.25) is 4.68 Å². The fraction of sp³-hybridized carbons (Fsp3) is 0.471. The normalized spacial score (nSPS) is 12.6. The first-order chi connectivity index (χ1) is 10.0. The van der Waals surface area contributed by atoms with Crippen molar-refractivity contribution in [3.63, 3.8) is 0 Å². The van der Waals surface area contributed by atoms with Gasteiger partial charge in [-0.2, -0.15) is 5.10 Å². The molecule has 0 radical (unpaired) electrons. The molecule has 0 bridgehead atoms. The van der Waals surface area contributed by atoms with Crippen molar-refractivity contribution in [2.75, 3.05) is 6.54 Å². The van der Waals surface area contributed by atoms with Crippen LogP contribution in [0.25, 0.3) is 0 Å². The highest BCUT2D eigenvalue weighted by Gasteiger charge is 2.18. The van der Waals surface area contributed by atoms with E-state index in [0.29, 0.717) is 0 Å². The van der Waals surface area contributed by atoms with Crippen molar-refractivity contribution in [3.8, 4) is 0 Å². The molecule has 1 N–H and O–H groups in total. The van der Waals surface area contributed by atoms with Crippen molar-refractivity contribution in [3.05, 3.63) is 52.6 Å². The molecule has 21 heavy (non-hydrogen) atoms. The van der Waals surface area contributed by atoms with Gasteiger partial charge in [-0.15, -0.1) is 0 Å². The molecule has 1 heterocycles. The van der Waals surface area contributed by atoms with E-state index in [1.807, 2.05) is 24.6 Å². The van der Waals surface area contributed by atoms with Crippen molar-refractivity contribution < 1.29 is 4.39 Å². The molecule has 0 aliphatic carbocycles. The van der Waals surface area contributed by atoms with E-state index in [9.17, 15) is 4.39 Å². The summed E-state index contributed by atoms with van der Waals surface area (Å²) >= 11 is 0. The first kappa shape index (κ1) is 15.7. The molecule has 0 saturated carbocycles. The van der Waals surface area contributed by atoms with E-state index < -0.39 is 0 Å². The van der Waals surface area contributed by atoms with Crippen LogP contribution in [0.4, 0.5) is 4.39 Å². The predicted molar refractivity (Wildman–Crippen MR) is 83.9 cm³/mol. The van der Waals surface area contributed by atoms with Crippen molar-refractivity contribution in [1.29, 1.82) is 0 Å². The first-order valence-corrected chi connectivity index (χ1v) is 7.57. The van der Waals surface area contributed by atoms with Gasteiger partial charge >= 0.3 is 0 Å². The van der Waals surface area contributed by atoms with Gasteiger partial charge in [0.1, 0.15) is 5.82 Å². The highest BCUT2D eigenvalue weighted by molar-refractivity contribution is 5.29. The molecule has 1 aromatic carbocycles. The number of nitrogens with zero attached hydrogens (tertiary/aromatic N) is 2. The second-order valence-electron chi connectivity index (χ2n) is 5.41. The van der Waals surface area contributed by atoms with Crippen LogP contribution < -0.4 is 5.32 Å². The third-order valence-corrected chi connectivity index (χ3v) is 3.78. The number of aromatic nitrogens is 2. The summed E-state index contributed by atoms with van der Waals surface area (Å²) < 4.78 is 15.5. The summed E-state index contributed by atoms with van der Waals surface area (Å²) in [7, 11) is 0. The van der Waals surface area contributed by atoms with E-state index in [1.54, 1.807) is 6.07 Å². The number of hydrogen-bond acceptors (Lipinski definition) is 2.